The van der Waals surface area contributed by atoms with Crippen molar-refractivity contribution in [1.82, 2.24) is 0 Å². The van der Waals surface area contributed by atoms with Crippen LogP contribution in [0.25, 0.3) is 0 Å². The molecule has 1 saturated carbocycles. The summed E-state index contributed by atoms with van der Waals surface area (Å²) in [6.45, 7) is 0. The van der Waals surface area contributed by atoms with Crippen molar-refractivity contribution in [3.05, 3.63) is 63.1 Å². The standard InChI is InChI=1S/C22H20BrN3O2/c1-27-15-6-8-21(9-7-15)22(18-11-14(23)3-5-19(18)28-21)17-10-13(12-24)2-4-16(17)20(25)26-22/h2-5,10-11,15H,6-9H2,1H3,(H2,25,26). The molecule has 0 amide bonds. The van der Waals surface area contributed by atoms with Crippen LogP contribution in [0.5, 0.6) is 5.75 Å². The van der Waals surface area contributed by atoms with Gasteiger partial charge < -0.3 is 15.2 Å². The summed E-state index contributed by atoms with van der Waals surface area (Å²) in [6, 6.07) is 14.0. The van der Waals surface area contributed by atoms with Crippen LogP contribution < -0.4 is 10.5 Å². The van der Waals surface area contributed by atoms with Crippen LogP contribution in [0.3, 0.4) is 0 Å². The highest BCUT2D eigenvalue weighted by atomic mass is 79.9. The number of hydrogen-bond donors (Lipinski definition) is 1. The minimum absolute atomic E-state index is 0.231. The monoisotopic (exact) mass is 437 g/mol. The average molecular weight is 438 g/mol. The fraction of sp³-hybridized carbons (Fsp3) is 0.364. The van der Waals surface area contributed by atoms with E-state index in [1.807, 2.05) is 24.3 Å². The molecule has 5 nitrogen and oxygen atoms in total. The lowest BCUT2D eigenvalue weighted by Gasteiger charge is -2.45. The van der Waals surface area contributed by atoms with E-state index in [1.165, 1.54) is 0 Å². The molecule has 2 heterocycles. The molecule has 2 spiro atoms. The summed E-state index contributed by atoms with van der Waals surface area (Å²) in [5, 5.41) is 9.50. The Morgan fingerprint density at radius 2 is 2.00 bits per heavy atom. The first-order valence-electron chi connectivity index (χ1n) is 9.45. The van der Waals surface area contributed by atoms with Crippen LogP contribution in [-0.2, 0) is 10.3 Å². The van der Waals surface area contributed by atoms with Gasteiger partial charge in [0.2, 0.25) is 0 Å². The zero-order chi connectivity index (χ0) is 19.5. The van der Waals surface area contributed by atoms with E-state index in [0.717, 1.165) is 52.6 Å². The first-order chi connectivity index (χ1) is 13.5. The van der Waals surface area contributed by atoms with Gasteiger partial charge in [0.1, 0.15) is 17.2 Å². The Morgan fingerprint density at radius 1 is 1.21 bits per heavy atom. The smallest absolute Gasteiger partial charge is 0.157 e. The number of rotatable bonds is 1. The summed E-state index contributed by atoms with van der Waals surface area (Å²) in [7, 11) is 1.76. The predicted molar refractivity (Wildman–Crippen MR) is 109 cm³/mol. The van der Waals surface area contributed by atoms with Gasteiger partial charge in [-0.05, 0) is 62.1 Å². The van der Waals surface area contributed by atoms with Crippen molar-refractivity contribution < 1.29 is 9.47 Å². The minimum Gasteiger partial charge on any atom is -0.484 e. The topological polar surface area (TPSA) is 80.6 Å². The van der Waals surface area contributed by atoms with Crippen LogP contribution >= 0.6 is 15.9 Å². The van der Waals surface area contributed by atoms with Crippen LogP contribution in [-0.4, -0.2) is 24.7 Å². The molecule has 2 aromatic rings. The third-order valence-corrected chi connectivity index (χ3v) is 6.97. The SMILES string of the molecule is COC1CCC2(CC1)Oc1ccc(Br)cc1C21N=C(N)c2ccc(C#N)cc21. The summed E-state index contributed by atoms with van der Waals surface area (Å²) in [4.78, 5) is 5.07. The fourth-order valence-corrected chi connectivity index (χ4v) is 5.51. The van der Waals surface area contributed by atoms with Crippen molar-refractivity contribution in [2.45, 2.75) is 42.9 Å². The van der Waals surface area contributed by atoms with E-state index >= 15 is 0 Å². The Morgan fingerprint density at radius 3 is 2.71 bits per heavy atom. The molecule has 3 aliphatic rings. The van der Waals surface area contributed by atoms with Gasteiger partial charge in [-0.25, -0.2) is 4.99 Å². The average Bonchev–Trinajstić information content (AvgIpc) is 3.16. The molecule has 0 bridgehead atoms. The second kappa shape index (κ2) is 6.07. The first kappa shape index (κ1) is 17.7. The molecule has 1 aliphatic carbocycles. The van der Waals surface area contributed by atoms with Crippen molar-refractivity contribution in [1.29, 1.82) is 5.26 Å². The molecular weight excluding hydrogens is 418 g/mol. The fourth-order valence-electron chi connectivity index (χ4n) is 5.15. The van der Waals surface area contributed by atoms with E-state index in [9.17, 15) is 5.26 Å². The Bertz CT molecular complexity index is 1050. The molecule has 1 fully saturated rings. The number of hydrogen-bond acceptors (Lipinski definition) is 5. The largest absolute Gasteiger partial charge is 0.484 e. The third kappa shape index (κ3) is 2.17. The number of nitrogens with two attached hydrogens (primary N) is 1. The Hall–Kier alpha value is -2.36. The zero-order valence-electron chi connectivity index (χ0n) is 15.5. The summed E-state index contributed by atoms with van der Waals surface area (Å²) in [6.07, 6.45) is 3.65. The van der Waals surface area contributed by atoms with E-state index in [2.05, 4.69) is 28.1 Å². The molecule has 5 rings (SSSR count). The van der Waals surface area contributed by atoms with Gasteiger partial charge in [-0.2, -0.15) is 5.26 Å². The number of benzene rings is 2. The molecule has 28 heavy (non-hydrogen) atoms. The van der Waals surface area contributed by atoms with Gasteiger partial charge in [-0.15, -0.1) is 0 Å². The number of methoxy groups -OCH3 is 1. The normalized spacial score (nSPS) is 29.9. The van der Waals surface area contributed by atoms with Crippen molar-refractivity contribution in [2.24, 2.45) is 10.7 Å². The Balaban J connectivity index is 1.79. The van der Waals surface area contributed by atoms with Gasteiger partial charge in [0.05, 0.1) is 17.7 Å². The maximum Gasteiger partial charge on any atom is 0.157 e. The number of ether oxygens (including phenoxy) is 2. The van der Waals surface area contributed by atoms with Crippen LogP contribution in [0.4, 0.5) is 0 Å². The van der Waals surface area contributed by atoms with E-state index in [1.54, 1.807) is 13.2 Å². The van der Waals surface area contributed by atoms with Gasteiger partial charge in [-0.1, -0.05) is 15.9 Å². The predicted octanol–water partition coefficient (Wildman–Crippen LogP) is 4.00. The summed E-state index contributed by atoms with van der Waals surface area (Å²) < 4.78 is 13.2. The zero-order valence-corrected chi connectivity index (χ0v) is 17.1. The van der Waals surface area contributed by atoms with Crippen molar-refractivity contribution in [2.75, 3.05) is 7.11 Å². The molecule has 2 aliphatic heterocycles. The lowest BCUT2D eigenvalue weighted by atomic mass is 9.65. The highest BCUT2D eigenvalue weighted by Crippen LogP contribution is 2.61. The Kier molecular flexibility index (Phi) is 3.84. The maximum absolute atomic E-state index is 9.50. The quantitative estimate of drug-likeness (QED) is 0.730. The van der Waals surface area contributed by atoms with Gasteiger partial charge in [-0.3, -0.25) is 0 Å². The van der Waals surface area contributed by atoms with Gasteiger partial charge in [0.25, 0.3) is 0 Å². The summed E-state index contributed by atoms with van der Waals surface area (Å²) in [5.41, 5.74) is 8.61. The van der Waals surface area contributed by atoms with Crippen LogP contribution in [0, 0.1) is 11.3 Å². The third-order valence-electron chi connectivity index (χ3n) is 6.47. The second-order valence-corrected chi connectivity index (χ2v) is 8.67. The first-order valence-corrected chi connectivity index (χ1v) is 10.2. The lowest BCUT2D eigenvalue weighted by Crippen LogP contribution is -2.53. The second-order valence-electron chi connectivity index (χ2n) is 7.75. The minimum atomic E-state index is -0.739. The van der Waals surface area contributed by atoms with E-state index in [-0.39, 0.29) is 6.10 Å². The lowest BCUT2D eigenvalue weighted by molar-refractivity contribution is -0.0441. The molecule has 0 aromatic heterocycles. The Labute approximate surface area is 172 Å². The molecular formula is C22H20BrN3O2. The van der Waals surface area contributed by atoms with Crippen LogP contribution in [0.2, 0.25) is 0 Å². The molecule has 2 aromatic carbocycles. The molecule has 6 heteroatoms. The highest BCUT2D eigenvalue weighted by molar-refractivity contribution is 9.10. The summed E-state index contributed by atoms with van der Waals surface area (Å²) >= 11 is 3.60. The van der Waals surface area contributed by atoms with Gasteiger partial charge >= 0.3 is 0 Å². The highest BCUT2D eigenvalue weighted by Gasteiger charge is 2.64. The molecule has 0 radical (unpaired) electrons. The van der Waals surface area contributed by atoms with E-state index < -0.39 is 11.1 Å². The number of fused-ring (bicyclic) bond motifs is 5. The number of nitrogens with zero attached hydrogens (tertiary/aromatic N) is 2. The number of halogens is 1. The molecule has 2 N–H and O–H groups in total. The molecule has 142 valence electrons. The number of nitriles is 1. The van der Waals surface area contributed by atoms with Crippen molar-refractivity contribution in [3.63, 3.8) is 0 Å². The van der Waals surface area contributed by atoms with E-state index in [0.29, 0.717) is 11.4 Å². The summed E-state index contributed by atoms with van der Waals surface area (Å²) in [5.74, 6) is 1.34. The van der Waals surface area contributed by atoms with Crippen molar-refractivity contribution in [3.8, 4) is 11.8 Å². The molecule has 0 saturated heterocycles. The number of aliphatic imine (C=N–C) groups is 1. The van der Waals surface area contributed by atoms with Gasteiger partial charge in [0, 0.05) is 28.3 Å². The van der Waals surface area contributed by atoms with Crippen LogP contribution in [0.1, 0.15) is 47.9 Å². The maximum atomic E-state index is 9.50. The van der Waals surface area contributed by atoms with Gasteiger partial charge in [0.15, 0.2) is 5.54 Å². The number of amidine groups is 1. The van der Waals surface area contributed by atoms with Crippen molar-refractivity contribution >= 4 is 21.8 Å². The molecule has 1 atom stereocenters. The molecule has 1 unspecified atom stereocenters. The van der Waals surface area contributed by atoms with Crippen LogP contribution in [0.15, 0.2) is 45.9 Å². The van der Waals surface area contributed by atoms with E-state index in [4.69, 9.17) is 20.2 Å².